The molecule has 0 atom stereocenters. The smallest absolute Gasteiger partial charge is 0.416 e. The molecule has 3 N–H and O–H groups in total. The van der Waals surface area contributed by atoms with Gasteiger partial charge in [0.25, 0.3) is 0 Å². The SMILES string of the molecule is CC(C)OC(=N)/C=C\c1ncc(C#Cc2[c-]ncc(C(=O)Nc3ccc(CN4CCN(C)CC4)c(C(F)(F)F)c3)c2)[nH]1.[Y]. The van der Waals surface area contributed by atoms with Crippen LogP contribution < -0.4 is 5.32 Å². The van der Waals surface area contributed by atoms with Crippen LogP contribution in [0.5, 0.6) is 0 Å². The molecular formula is C30H31F3N7O2Y-. The number of H-pyrrole nitrogens is 1. The standard InChI is InChI=1S/C30H31F3N7O2.Y/c1-20(2)42-27(34)8-9-28-36-18-25(37-28)6-4-21-14-23(17-35-16-21)29(41)38-24-7-5-22(26(15-24)30(31,32)33)19-40-12-10-39(3)11-13-40;/h5,7-9,14-15,17-18,20,34H,10-13,19H2,1-3H3,(H,36,37)(H,38,41);/q-1;/b9-8-,34-27?;. The molecule has 0 unspecified atom stereocenters. The predicted molar refractivity (Wildman–Crippen MR) is 153 cm³/mol. The molecule has 1 aliphatic rings. The minimum atomic E-state index is -4.57. The molecule has 1 aliphatic heterocycles. The van der Waals surface area contributed by atoms with Gasteiger partial charge in [0.05, 0.1) is 23.6 Å². The minimum absolute atomic E-state index is 0. The fourth-order valence-corrected chi connectivity index (χ4v) is 4.16. The van der Waals surface area contributed by atoms with Crippen LogP contribution in [-0.4, -0.2) is 75.9 Å². The molecule has 43 heavy (non-hydrogen) atoms. The first kappa shape index (κ1) is 34.1. The van der Waals surface area contributed by atoms with Crippen LogP contribution in [-0.2, 0) is 50.2 Å². The van der Waals surface area contributed by atoms with Gasteiger partial charge in [-0.15, -0.1) is 12.0 Å². The molecule has 4 rings (SSSR count). The van der Waals surface area contributed by atoms with Crippen molar-refractivity contribution in [1.82, 2.24) is 24.8 Å². The summed E-state index contributed by atoms with van der Waals surface area (Å²) in [4.78, 5) is 28.1. The maximum Gasteiger partial charge on any atom is 0.416 e. The third-order valence-electron chi connectivity index (χ3n) is 6.30. The van der Waals surface area contributed by atoms with Gasteiger partial charge in [0.2, 0.25) is 11.8 Å². The third-order valence-corrected chi connectivity index (χ3v) is 6.30. The molecule has 0 bridgehead atoms. The van der Waals surface area contributed by atoms with Crippen molar-refractivity contribution >= 4 is 23.6 Å². The molecule has 223 valence electrons. The molecule has 0 aliphatic carbocycles. The number of ether oxygens (including phenoxy) is 1. The summed E-state index contributed by atoms with van der Waals surface area (Å²) in [6.07, 6.45) is 3.83. The van der Waals surface area contributed by atoms with E-state index < -0.39 is 17.6 Å². The number of hydrogen-bond donors (Lipinski definition) is 3. The second kappa shape index (κ2) is 15.4. The van der Waals surface area contributed by atoms with Crippen LogP contribution >= 0.6 is 0 Å². The van der Waals surface area contributed by atoms with Crippen molar-refractivity contribution in [2.24, 2.45) is 0 Å². The number of aromatic amines is 1. The number of piperazine rings is 1. The Hall–Kier alpha value is -3.37. The van der Waals surface area contributed by atoms with E-state index in [0.717, 1.165) is 19.2 Å². The monoisotopic (exact) mass is 667 g/mol. The normalized spacial score (nSPS) is 14.2. The molecular weight excluding hydrogens is 636 g/mol. The number of nitrogens with one attached hydrogen (secondary N) is 3. The van der Waals surface area contributed by atoms with Crippen LogP contribution in [0.25, 0.3) is 6.08 Å². The van der Waals surface area contributed by atoms with E-state index in [-0.39, 0.29) is 68.1 Å². The van der Waals surface area contributed by atoms with Crippen molar-refractivity contribution in [3.05, 3.63) is 82.7 Å². The van der Waals surface area contributed by atoms with Crippen LogP contribution in [0.4, 0.5) is 18.9 Å². The number of aromatic nitrogens is 3. The van der Waals surface area contributed by atoms with E-state index in [1.165, 1.54) is 36.7 Å². The fraction of sp³-hybridized carbons (Fsp3) is 0.333. The number of carbonyl (C=O) groups excluding carboxylic acids is 1. The molecule has 13 heteroatoms. The molecule has 9 nitrogen and oxygen atoms in total. The van der Waals surface area contributed by atoms with Gasteiger partial charge in [-0.05, 0) is 62.6 Å². The second-order valence-electron chi connectivity index (χ2n) is 10.1. The number of benzene rings is 1. The number of pyridine rings is 1. The summed E-state index contributed by atoms with van der Waals surface area (Å²) in [6, 6.07) is 5.30. The molecule has 3 aromatic rings. The van der Waals surface area contributed by atoms with E-state index in [4.69, 9.17) is 10.1 Å². The van der Waals surface area contributed by atoms with Crippen molar-refractivity contribution in [2.75, 3.05) is 38.5 Å². The van der Waals surface area contributed by atoms with Gasteiger partial charge in [-0.25, -0.2) is 4.98 Å². The number of halogens is 3. The van der Waals surface area contributed by atoms with Gasteiger partial charge in [0, 0.05) is 77.2 Å². The first-order valence-electron chi connectivity index (χ1n) is 13.3. The zero-order chi connectivity index (χ0) is 30.3. The first-order valence-corrected chi connectivity index (χ1v) is 13.3. The quantitative estimate of drug-likeness (QED) is 0.149. The van der Waals surface area contributed by atoms with Crippen molar-refractivity contribution in [2.45, 2.75) is 32.7 Å². The number of imidazole rings is 1. The Kier molecular flexibility index (Phi) is 12.2. The molecule has 1 radical (unpaired) electrons. The number of nitrogens with zero attached hydrogens (tertiary/aromatic N) is 4. The maximum absolute atomic E-state index is 13.9. The predicted octanol–water partition coefficient (Wildman–Crippen LogP) is 4.44. The van der Waals surface area contributed by atoms with E-state index in [9.17, 15) is 18.0 Å². The van der Waals surface area contributed by atoms with Crippen molar-refractivity contribution in [3.8, 4) is 11.8 Å². The van der Waals surface area contributed by atoms with E-state index in [1.807, 2.05) is 25.8 Å². The zero-order valence-electron chi connectivity index (χ0n) is 24.0. The Morgan fingerprint density at radius 2 is 1.95 bits per heavy atom. The van der Waals surface area contributed by atoms with E-state index in [2.05, 4.69) is 43.2 Å². The van der Waals surface area contributed by atoms with E-state index in [0.29, 0.717) is 30.2 Å². The van der Waals surface area contributed by atoms with Crippen LogP contribution in [0.15, 0.2) is 42.7 Å². The topological polar surface area (TPSA) is 110 Å². The number of anilines is 1. The fourth-order valence-electron chi connectivity index (χ4n) is 4.16. The third kappa shape index (κ3) is 10.4. The van der Waals surface area contributed by atoms with Crippen molar-refractivity contribution in [1.29, 1.82) is 5.41 Å². The summed E-state index contributed by atoms with van der Waals surface area (Å²) in [5, 5.41) is 10.3. The molecule has 1 amide bonds. The number of likely N-dealkylation sites (N-methyl/N-ethyl adjacent to an activating group) is 1. The van der Waals surface area contributed by atoms with Crippen LogP contribution in [0.2, 0.25) is 0 Å². The Balaban J connectivity index is 0.00000506. The van der Waals surface area contributed by atoms with Gasteiger partial charge in [0.15, 0.2) is 0 Å². The summed E-state index contributed by atoms with van der Waals surface area (Å²) >= 11 is 0. The summed E-state index contributed by atoms with van der Waals surface area (Å²) < 4.78 is 47.0. The zero-order valence-corrected chi connectivity index (χ0v) is 26.9. The van der Waals surface area contributed by atoms with Crippen LogP contribution in [0.1, 0.15) is 52.4 Å². The van der Waals surface area contributed by atoms with Gasteiger partial charge in [-0.1, -0.05) is 11.6 Å². The Labute approximate surface area is 273 Å². The first-order chi connectivity index (χ1) is 20.0. The number of amides is 1. The second-order valence-corrected chi connectivity index (χ2v) is 10.1. The summed E-state index contributed by atoms with van der Waals surface area (Å²) in [5.41, 5.74) is 0.317. The van der Waals surface area contributed by atoms with Crippen molar-refractivity contribution < 1.29 is 55.4 Å². The molecule has 3 heterocycles. The molecule has 0 saturated carbocycles. The Morgan fingerprint density at radius 3 is 2.65 bits per heavy atom. The van der Waals surface area contributed by atoms with Gasteiger partial charge < -0.3 is 24.9 Å². The molecule has 1 fully saturated rings. The largest absolute Gasteiger partial charge is 0.475 e. The number of hydrogen-bond acceptors (Lipinski definition) is 7. The van der Waals surface area contributed by atoms with Gasteiger partial charge in [-0.2, -0.15) is 19.1 Å². The molecule has 0 spiro atoms. The number of carbonyl (C=O) groups is 1. The summed E-state index contributed by atoms with van der Waals surface area (Å²) in [7, 11) is 1.99. The number of rotatable bonds is 7. The van der Waals surface area contributed by atoms with Gasteiger partial charge in [0.1, 0.15) is 5.82 Å². The van der Waals surface area contributed by atoms with Gasteiger partial charge in [-0.3, -0.25) is 15.1 Å². The Bertz CT molecular complexity index is 1520. The average Bonchev–Trinajstić information content (AvgIpc) is 3.40. The van der Waals surface area contributed by atoms with E-state index in [1.54, 1.807) is 6.08 Å². The Morgan fingerprint density at radius 1 is 1.21 bits per heavy atom. The minimum Gasteiger partial charge on any atom is -0.475 e. The van der Waals surface area contributed by atoms with Crippen LogP contribution in [0, 0.1) is 23.4 Å². The molecule has 1 aromatic carbocycles. The average molecular weight is 668 g/mol. The summed E-state index contributed by atoms with van der Waals surface area (Å²) in [5.74, 6) is 5.54. The molecule has 2 aromatic heterocycles. The maximum atomic E-state index is 13.9. The number of alkyl halides is 3. The van der Waals surface area contributed by atoms with Crippen molar-refractivity contribution in [3.63, 3.8) is 0 Å². The summed E-state index contributed by atoms with van der Waals surface area (Å²) in [6.45, 7) is 6.80. The van der Waals surface area contributed by atoms with E-state index >= 15 is 0 Å². The van der Waals surface area contributed by atoms with Gasteiger partial charge >= 0.3 is 6.18 Å². The molecule has 1 saturated heterocycles. The van der Waals surface area contributed by atoms with Crippen LogP contribution in [0.3, 0.4) is 0 Å².